The predicted molar refractivity (Wildman–Crippen MR) is 48.5 cm³/mol. The molecule has 6 nitrogen and oxygen atoms in total. The average molecular weight is 197 g/mol. The number of nitrogens with zero attached hydrogens (tertiary/aromatic N) is 2. The van der Waals surface area contributed by atoms with E-state index in [0.29, 0.717) is 12.5 Å². The smallest absolute Gasteiger partial charge is 0.396 e. The van der Waals surface area contributed by atoms with Crippen molar-refractivity contribution < 1.29 is 14.3 Å². The largest absolute Gasteiger partial charge is 0.462 e. The van der Waals surface area contributed by atoms with Crippen molar-refractivity contribution in [2.24, 2.45) is 0 Å². The summed E-state index contributed by atoms with van der Waals surface area (Å²) in [4.78, 5) is 25.7. The van der Waals surface area contributed by atoms with Crippen LogP contribution < -0.4 is 5.32 Å². The lowest BCUT2D eigenvalue weighted by molar-refractivity contribution is -0.150. The first kappa shape index (κ1) is 10.2. The van der Waals surface area contributed by atoms with Crippen molar-refractivity contribution in [2.45, 2.75) is 13.5 Å². The zero-order chi connectivity index (χ0) is 10.6. The van der Waals surface area contributed by atoms with Crippen LogP contribution in [0.1, 0.15) is 6.92 Å². The highest BCUT2D eigenvalue weighted by Crippen LogP contribution is 2.03. The number of aryl methyl sites for hydroxylation is 1. The Morgan fingerprint density at radius 1 is 1.64 bits per heavy atom. The summed E-state index contributed by atoms with van der Waals surface area (Å²) in [5.74, 6) is -1.42. The van der Waals surface area contributed by atoms with Crippen molar-refractivity contribution in [1.82, 2.24) is 9.55 Å². The summed E-state index contributed by atoms with van der Waals surface area (Å²) in [5.41, 5.74) is 0. The van der Waals surface area contributed by atoms with Gasteiger partial charge in [-0.15, -0.1) is 0 Å². The number of rotatable bonds is 2. The first-order chi connectivity index (χ1) is 6.69. The van der Waals surface area contributed by atoms with Crippen LogP contribution in [-0.2, 0) is 20.9 Å². The molecule has 0 saturated heterocycles. The van der Waals surface area contributed by atoms with Crippen LogP contribution in [0.4, 0.5) is 5.95 Å². The number of aromatic nitrogens is 2. The summed E-state index contributed by atoms with van der Waals surface area (Å²) >= 11 is 0. The molecule has 0 radical (unpaired) electrons. The molecule has 0 unspecified atom stereocenters. The van der Waals surface area contributed by atoms with E-state index in [4.69, 9.17) is 0 Å². The van der Waals surface area contributed by atoms with E-state index >= 15 is 0 Å². The van der Waals surface area contributed by atoms with E-state index in [1.165, 1.54) is 6.20 Å². The number of carbonyl (C=O) groups excluding carboxylic acids is 2. The normalized spacial score (nSPS) is 9.57. The maximum absolute atomic E-state index is 11.1. The van der Waals surface area contributed by atoms with E-state index < -0.39 is 11.9 Å². The van der Waals surface area contributed by atoms with Gasteiger partial charge in [-0.1, -0.05) is 0 Å². The molecule has 0 aliphatic heterocycles. The van der Waals surface area contributed by atoms with E-state index in [-0.39, 0.29) is 0 Å². The van der Waals surface area contributed by atoms with Crippen molar-refractivity contribution >= 4 is 17.8 Å². The molecule has 1 heterocycles. The van der Waals surface area contributed by atoms with Gasteiger partial charge in [0.15, 0.2) is 0 Å². The number of ether oxygens (including phenoxy) is 1. The molecule has 0 fully saturated rings. The SMILES string of the molecule is CCn1ccnc1NC(=O)C(=O)OC. The molecule has 14 heavy (non-hydrogen) atoms. The summed E-state index contributed by atoms with van der Waals surface area (Å²) in [6.07, 6.45) is 3.24. The molecule has 1 aromatic heterocycles. The van der Waals surface area contributed by atoms with Gasteiger partial charge in [-0.05, 0) is 6.92 Å². The summed E-state index contributed by atoms with van der Waals surface area (Å²) in [6.45, 7) is 2.56. The van der Waals surface area contributed by atoms with Crippen LogP contribution >= 0.6 is 0 Å². The molecule has 1 rings (SSSR count). The highest BCUT2D eigenvalue weighted by Gasteiger charge is 2.15. The lowest BCUT2D eigenvalue weighted by atomic mass is 10.6. The Morgan fingerprint density at radius 3 is 2.93 bits per heavy atom. The molecular formula is C8H11N3O3. The Balaban J connectivity index is 2.69. The van der Waals surface area contributed by atoms with Crippen molar-refractivity contribution in [1.29, 1.82) is 0 Å². The van der Waals surface area contributed by atoms with Crippen molar-refractivity contribution in [3.8, 4) is 0 Å². The summed E-state index contributed by atoms with van der Waals surface area (Å²) in [7, 11) is 1.15. The van der Waals surface area contributed by atoms with Crippen LogP contribution in [0.2, 0.25) is 0 Å². The number of amides is 1. The van der Waals surface area contributed by atoms with E-state index in [2.05, 4.69) is 15.0 Å². The van der Waals surface area contributed by atoms with Crippen LogP contribution in [-0.4, -0.2) is 28.5 Å². The summed E-state index contributed by atoms with van der Waals surface area (Å²) < 4.78 is 5.94. The molecule has 1 amide bonds. The maximum Gasteiger partial charge on any atom is 0.396 e. The third kappa shape index (κ3) is 2.09. The van der Waals surface area contributed by atoms with Gasteiger partial charge in [0.05, 0.1) is 7.11 Å². The average Bonchev–Trinajstić information content (AvgIpc) is 2.63. The fourth-order valence-electron chi connectivity index (χ4n) is 0.934. The van der Waals surface area contributed by atoms with Crippen molar-refractivity contribution in [2.75, 3.05) is 12.4 Å². The molecule has 6 heteroatoms. The van der Waals surface area contributed by atoms with Crippen molar-refractivity contribution in [3.63, 3.8) is 0 Å². The van der Waals surface area contributed by atoms with E-state index in [9.17, 15) is 9.59 Å². The second-order valence-electron chi connectivity index (χ2n) is 2.48. The van der Waals surface area contributed by atoms with Gasteiger partial charge in [-0.25, -0.2) is 9.78 Å². The second-order valence-corrected chi connectivity index (χ2v) is 2.48. The first-order valence-corrected chi connectivity index (χ1v) is 4.09. The number of hydrogen-bond acceptors (Lipinski definition) is 4. The summed E-state index contributed by atoms with van der Waals surface area (Å²) in [6, 6.07) is 0. The van der Waals surface area contributed by atoms with E-state index in [0.717, 1.165) is 7.11 Å². The third-order valence-corrected chi connectivity index (χ3v) is 1.65. The standard InChI is InChI=1S/C8H11N3O3/c1-3-11-5-4-9-8(11)10-6(12)7(13)14-2/h4-5H,3H2,1-2H3,(H,9,10,12). The minimum atomic E-state index is -0.935. The van der Waals surface area contributed by atoms with E-state index in [1.54, 1.807) is 10.8 Å². The fourth-order valence-corrected chi connectivity index (χ4v) is 0.934. The zero-order valence-corrected chi connectivity index (χ0v) is 7.98. The number of hydrogen-bond donors (Lipinski definition) is 1. The molecule has 0 bridgehead atoms. The fraction of sp³-hybridized carbons (Fsp3) is 0.375. The third-order valence-electron chi connectivity index (χ3n) is 1.65. The van der Waals surface area contributed by atoms with Crippen LogP contribution in [0.15, 0.2) is 12.4 Å². The molecule has 0 aliphatic carbocycles. The van der Waals surface area contributed by atoms with Crippen LogP contribution in [0.3, 0.4) is 0 Å². The van der Waals surface area contributed by atoms with Gasteiger partial charge >= 0.3 is 11.9 Å². The number of esters is 1. The number of nitrogens with one attached hydrogen (secondary N) is 1. The topological polar surface area (TPSA) is 73.2 Å². The number of anilines is 1. The first-order valence-electron chi connectivity index (χ1n) is 4.09. The van der Waals surface area contributed by atoms with Gasteiger partial charge in [0.2, 0.25) is 5.95 Å². The van der Waals surface area contributed by atoms with Crippen LogP contribution in [0, 0.1) is 0 Å². The predicted octanol–water partition coefficient (Wildman–Crippen LogP) is 0.0145. The maximum atomic E-state index is 11.1. The van der Waals surface area contributed by atoms with Gasteiger partial charge in [0.25, 0.3) is 0 Å². The Hall–Kier alpha value is -1.85. The molecule has 0 atom stereocenters. The monoisotopic (exact) mass is 197 g/mol. The van der Waals surface area contributed by atoms with Crippen LogP contribution in [0.5, 0.6) is 0 Å². The summed E-state index contributed by atoms with van der Waals surface area (Å²) in [5, 5.41) is 2.33. The molecular weight excluding hydrogens is 186 g/mol. The molecule has 76 valence electrons. The van der Waals surface area contributed by atoms with E-state index in [1.807, 2.05) is 6.92 Å². The van der Waals surface area contributed by atoms with Crippen LogP contribution in [0.25, 0.3) is 0 Å². The van der Waals surface area contributed by atoms with Crippen molar-refractivity contribution in [3.05, 3.63) is 12.4 Å². The number of carbonyl (C=O) groups is 2. The lowest BCUT2D eigenvalue weighted by Crippen LogP contribution is -2.25. The minimum Gasteiger partial charge on any atom is -0.462 e. The Labute approximate surface area is 80.9 Å². The highest BCUT2D eigenvalue weighted by atomic mass is 16.5. The molecule has 0 spiro atoms. The molecule has 0 saturated carbocycles. The highest BCUT2D eigenvalue weighted by molar-refractivity contribution is 6.37. The van der Waals surface area contributed by atoms with Gasteiger partial charge in [-0.3, -0.25) is 10.1 Å². The Morgan fingerprint density at radius 2 is 2.36 bits per heavy atom. The van der Waals surface area contributed by atoms with Gasteiger partial charge in [0, 0.05) is 18.9 Å². The lowest BCUT2D eigenvalue weighted by Gasteiger charge is -2.04. The number of methoxy groups -OCH3 is 1. The number of imidazole rings is 1. The molecule has 1 aromatic rings. The van der Waals surface area contributed by atoms with Gasteiger partial charge in [-0.2, -0.15) is 0 Å². The Bertz CT molecular complexity index is 345. The second kappa shape index (κ2) is 4.40. The zero-order valence-electron chi connectivity index (χ0n) is 7.98. The Kier molecular flexibility index (Phi) is 3.22. The quantitative estimate of drug-likeness (QED) is 0.535. The van der Waals surface area contributed by atoms with Gasteiger partial charge in [0.1, 0.15) is 0 Å². The van der Waals surface area contributed by atoms with Gasteiger partial charge < -0.3 is 9.30 Å². The minimum absolute atomic E-state index is 0.336. The molecule has 1 N–H and O–H groups in total. The molecule has 0 aromatic carbocycles. The molecule has 0 aliphatic rings.